The van der Waals surface area contributed by atoms with Crippen LogP contribution < -0.4 is 9.62 Å². The summed E-state index contributed by atoms with van der Waals surface area (Å²) in [5, 5.41) is 2.94. The Morgan fingerprint density at radius 1 is 0.929 bits per heavy atom. The van der Waals surface area contributed by atoms with Gasteiger partial charge in [0.1, 0.15) is 0 Å². The van der Waals surface area contributed by atoms with E-state index in [2.05, 4.69) is 5.32 Å². The highest BCUT2D eigenvalue weighted by Crippen LogP contribution is 2.32. The highest BCUT2D eigenvalue weighted by atomic mass is 32.2. The highest BCUT2D eigenvalue weighted by Gasteiger charge is 2.29. The van der Waals surface area contributed by atoms with Gasteiger partial charge in [-0.2, -0.15) is 0 Å². The Hall–Kier alpha value is -2.34. The van der Waals surface area contributed by atoms with Crippen molar-refractivity contribution in [1.29, 1.82) is 0 Å². The number of carbonyl (C=O) groups is 1. The first-order valence-corrected chi connectivity index (χ1v) is 11.5. The Balaban J connectivity index is 1.51. The van der Waals surface area contributed by atoms with Gasteiger partial charge < -0.3 is 5.32 Å². The van der Waals surface area contributed by atoms with E-state index >= 15 is 0 Å². The Kier molecular flexibility index (Phi) is 5.40. The third kappa shape index (κ3) is 3.78. The highest BCUT2D eigenvalue weighted by molar-refractivity contribution is 7.92. The predicted octanol–water partition coefficient (Wildman–Crippen LogP) is 4.35. The van der Waals surface area contributed by atoms with Crippen LogP contribution in [0.5, 0.6) is 0 Å². The first kappa shape index (κ1) is 19.0. The van der Waals surface area contributed by atoms with Crippen molar-refractivity contribution < 1.29 is 13.2 Å². The SMILES string of the molecule is O=C(Nc1ccc(S(=O)(=O)N2CCCc3ccccc32)cc1)C1CCCCC1. The molecule has 4 rings (SSSR count). The second kappa shape index (κ2) is 7.95. The molecule has 0 spiro atoms. The number of nitrogens with one attached hydrogen (secondary N) is 1. The van der Waals surface area contributed by atoms with Crippen molar-refractivity contribution in [3.63, 3.8) is 0 Å². The summed E-state index contributed by atoms with van der Waals surface area (Å²) in [6, 6.07) is 14.2. The van der Waals surface area contributed by atoms with Gasteiger partial charge in [0.2, 0.25) is 5.91 Å². The Morgan fingerprint density at radius 3 is 2.39 bits per heavy atom. The summed E-state index contributed by atoms with van der Waals surface area (Å²) >= 11 is 0. The first-order valence-electron chi connectivity index (χ1n) is 10.1. The second-order valence-corrected chi connectivity index (χ2v) is 9.52. The van der Waals surface area contributed by atoms with Crippen LogP contribution in [-0.2, 0) is 21.2 Å². The molecule has 2 aromatic carbocycles. The molecule has 2 aliphatic rings. The normalized spacial score (nSPS) is 17.8. The van der Waals surface area contributed by atoms with E-state index in [4.69, 9.17) is 0 Å². The summed E-state index contributed by atoms with van der Waals surface area (Å²) in [5.41, 5.74) is 2.48. The molecule has 2 aromatic rings. The van der Waals surface area contributed by atoms with Crippen molar-refractivity contribution in [2.45, 2.75) is 49.8 Å². The number of fused-ring (bicyclic) bond motifs is 1. The van der Waals surface area contributed by atoms with E-state index in [0.29, 0.717) is 12.2 Å². The molecule has 0 bridgehead atoms. The summed E-state index contributed by atoms with van der Waals surface area (Å²) in [4.78, 5) is 12.6. The van der Waals surface area contributed by atoms with Gasteiger partial charge in [-0.3, -0.25) is 9.10 Å². The smallest absolute Gasteiger partial charge is 0.264 e. The number of anilines is 2. The van der Waals surface area contributed by atoms with E-state index in [0.717, 1.165) is 49.8 Å². The number of carbonyl (C=O) groups excluding carboxylic acids is 1. The zero-order valence-corrected chi connectivity index (χ0v) is 16.7. The van der Waals surface area contributed by atoms with Crippen LogP contribution in [0.3, 0.4) is 0 Å². The molecular formula is C22H26N2O3S. The summed E-state index contributed by atoms with van der Waals surface area (Å²) in [5.74, 6) is 0.113. The third-order valence-corrected chi connectivity index (χ3v) is 7.58. The molecule has 1 fully saturated rings. The Bertz CT molecular complexity index is 948. The first-order chi connectivity index (χ1) is 13.6. The second-order valence-electron chi connectivity index (χ2n) is 7.66. The molecule has 5 nitrogen and oxygen atoms in total. The summed E-state index contributed by atoms with van der Waals surface area (Å²) in [6.45, 7) is 0.486. The predicted molar refractivity (Wildman–Crippen MR) is 111 cm³/mol. The maximum atomic E-state index is 13.2. The molecule has 1 aliphatic heterocycles. The molecule has 1 heterocycles. The fourth-order valence-electron chi connectivity index (χ4n) is 4.20. The number of rotatable bonds is 4. The fraction of sp³-hybridized carbons (Fsp3) is 0.409. The molecule has 1 N–H and O–H groups in total. The molecule has 6 heteroatoms. The van der Waals surface area contributed by atoms with Gasteiger partial charge in [0, 0.05) is 18.2 Å². The molecule has 1 saturated carbocycles. The molecular weight excluding hydrogens is 372 g/mol. The van der Waals surface area contributed by atoms with Gasteiger partial charge in [0.25, 0.3) is 10.0 Å². The maximum Gasteiger partial charge on any atom is 0.264 e. The minimum absolute atomic E-state index is 0.0419. The van der Waals surface area contributed by atoms with E-state index in [1.807, 2.05) is 24.3 Å². The zero-order valence-electron chi connectivity index (χ0n) is 15.9. The van der Waals surface area contributed by atoms with Crippen molar-refractivity contribution in [2.75, 3.05) is 16.2 Å². The van der Waals surface area contributed by atoms with E-state index in [-0.39, 0.29) is 16.7 Å². The Labute approximate surface area is 166 Å². The van der Waals surface area contributed by atoms with Crippen LogP contribution in [0, 0.1) is 5.92 Å². The van der Waals surface area contributed by atoms with Crippen LogP contribution >= 0.6 is 0 Å². The van der Waals surface area contributed by atoms with Crippen LogP contribution in [0.15, 0.2) is 53.4 Å². The van der Waals surface area contributed by atoms with Crippen molar-refractivity contribution in [1.82, 2.24) is 0 Å². The van der Waals surface area contributed by atoms with Gasteiger partial charge in [-0.05, 0) is 61.6 Å². The summed E-state index contributed by atoms with van der Waals surface area (Å²) in [7, 11) is -3.62. The van der Waals surface area contributed by atoms with E-state index < -0.39 is 10.0 Å². The molecule has 0 unspecified atom stereocenters. The number of amides is 1. The zero-order chi connectivity index (χ0) is 19.6. The number of hydrogen-bond acceptors (Lipinski definition) is 3. The van der Waals surface area contributed by atoms with Gasteiger partial charge in [-0.1, -0.05) is 37.5 Å². The topological polar surface area (TPSA) is 66.5 Å². The standard InChI is InChI=1S/C22H26N2O3S/c25-22(18-8-2-1-3-9-18)23-19-12-14-20(15-13-19)28(26,27)24-16-6-10-17-7-4-5-11-21(17)24/h4-5,7,11-15,18H,1-3,6,8-10,16H2,(H,23,25). The average Bonchev–Trinajstić information content (AvgIpc) is 2.74. The molecule has 0 atom stereocenters. The molecule has 28 heavy (non-hydrogen) atoms. The number of hydrogen-bond donors (Lipinski definition) is 1. The van der Waals surface area contributed by atoms with Crippen LogP contribution in [0.4, 0.5) is 11.4 Å². The molecule has 0 aromatic heterocycles. The van der Waals surface area contributed by atoms with Gasteiger partial charge in [0.05, 0.1) is 10.6 Å². The lowest BCUT2D eigenvalue weighted by Crippen LogP contribution is -2.35. The van der Waals surface area contributed by atoms with Crippen molar-refractivity contribution >= 4 is 27.3 Å². The number of para-hydroxylation sites is 1. The van der Waals surface area contributed by atoms with Crippen LogP contribution in [0.25, 0.3) is 0 Å². The van der Waals surface area contributed by atoms with Crippen molar-refractivity contribution in [3.05, 3.63) is 54.1 Å². The van der Waals surface area contributed by atoms with Gasteiger partial charge in [0.15, 0.2) is 0 Å². The lowest BCUT2D eigenvalue weighted by atomic mass is 9.88. The van der Waals surface area contributed by atoms with Gasteiger partial charge in [-0.15, -0.1) is 0 Å². The van der Waals surface area contributed by atoms with Gasteiger partial charge in [-0.25, -0.2) is 8.42 Å². The van der Waals surface area contributed by atoms with E-state index in [1.165, 1.54) is 10.7 Å². The van der Waals surface area contributed by atoms with Crippen molar-refractivity contribution in [2.24, 2.45) is 5.92 Å². The molecule has 1 aliphatic carbocycles. The van der Waals surface area contributed by atoms with Crippen LogP contribution in [0.1, 0.15) is 44.1 Å². The molecule has 0 saturated heterocycles. The molecule has 0 radical (unpaired) electrons. The van der Waals surface area contributed by atoms with E-state index in [9.17, 15) is 13.2 Å². The third-order valence-electron chi connectivity index (χ3n) is 5.75. The number of sulfonamides is 1. The minimum atomic E-state index is -3.62. The van der Waals surface area contributed by atoms with Crippen LogP contribution in [0.2, 0.25) is 0 Å². The maximum absolute atomic E-state index is 13.2. The number of aryl methyl sites for hydroxylation is 1. The van der Waals surface area contributed by atoms with E-state index in [1.54, 1.807) is 24.3 Å². The van der Waals surface area contributed by atoms with Crippen molar-refractivity contribution in [3.8, 4) is 0 Å². The summed E-state index contributed by atoms with van der Waals surface area (Å²) < 4.78 is 27.8. The summed E-state index contributed by atoms with van der Waals surface area (Å²) in [6.07, 6.45) is 6.99. The van der Waals surface area contributed by atoms with Crippen LogP contribution in [-0.4, -0.2) is 20.9 Å². The molecule has 1 amide bonds. The molecule has 148 valence electrons. The quantitative estimate of drug-likeness (QED) is 0.833. The average molecular weight is 399 g/mol. The van der Waals surface area contributed by atoms with Gasteiger partial charge >= 0.3 is 0 Å². The minimum Gasteiger partial charge on any atom is -0.326 e. The fourth-order valence-corrected chi connectivity index (χ4v) is 5.74. The lowest BCUT2D eigenvalue weighted by molar-refractivity contribution is -0.120. The monoisotopic (exact) mass is 398 g/mol. The number of nitrogens with zero attached hydrogens (tertiary/aromatic N) is 1. The number of benzene rings is 2. The lowest BCUT2D eigenvalue weighted by Gasteiger charge is -2.30. The Morgan fingerprint density at radius 2 is 1.64 bits per heavy atom. The largest absolute Gasteiger partial charge is 0.326 e.